The van der Waals surface area contributed by atoms with Gasteiger partial charge in [0.05, 0.1) is 53.2 Å². The van der Waals surface area contributed by atoms with Crippen LogP contribution in [-0.2, 0) is 16.1 Å². The maximum absolute atomic E-state index is 11.9. The van der Waals surface area contributed by atoms with Gasteiger partial charge in [0.1, 0.15) is 5.69 Å². The first kappa shape index (κ1) is 26.7. The molecule has 2 saturated heterocycles. The fraction of sp³-hybridized carbons (Fsp3) is 0.586. The van der Waals surface area contributed by atoms with Crippen molar-refractivity contribution in [1.82, 2.24) is 30.3 Å². The molecule has 2 N–H and O–H groups in total. The summed E-state index contributed by atoms with van der Waals surface area (Å²) in [5.74, 6) is 2.68. The van der Waals surface area contributed by atoms with Gasteiger partial charge in [-0.25, -0.2) is 19.7 Å². The van der Waals surface area contributed by atoms with Crippen LogP contribution in [0.1, 0.15) is 63.7 Å². The van der Waals surface area contributed by atoms with E-state index in [0.29, 0.717) is 46.4 Å². The van der Waals surface area contributed by atoms with Gasteiger partial charge in [-0.15, -0.1) is 5.48 Å². The predicted molar refractivity (Wildman–Crippen MR) is 154 cm³/mol. The number of carbonyl (C=O) groups is 1. The van der Waals surface area contributed by atoms with Gasteiger partial charge in [-0.1, -0.05) is 31.4 Å². The molecule has 218 valence electrons. The Morgan fingerprint density at radius 1 is 1.15 bits per heavy atom. The van der Waals surface area contributed by atoms with Crippen LogP contribution in [0.4, 0.5) is 10.7 Å². The molecule has 11 nitrogen and oxygen atoms in total. The molecule has 0 radical (unpaired) electrons. The Kier molecular flexibility index (Phi) is 7.12. The van der Waals surface area contributed by atoms with E-state index in [9.17, 15) is 4.79 Å². The molecule has 3 atom stereocenters. The fourth-order valence-electron chi connectivity index (χ4n) is 7.02. The Morgan fingerprint density at radius 3 is 2.78 bits per heavy atom. The molecule has 4 fully saturated rings. The molecule has 0 aromatic carbocycles. The molecule has 2 aliphatic carbocycles. The van der Waals surface area contributed by atoms with Crippen LogP contribution < -0.4 is 20.4 Å². The maximum Gasteiger partial charge on any atom is 0.427 e. The highest BCUT2D eigenvalue weighted by molar-refractivity contribution is 6.30. The number of imidazole rings is 1. The number of nitrogens with zero attached hydrogens (tertiary/aromatic N) is 5. The standard InChI is InChI=1S/C29H36ClN7O4/c1-16-6-8-17(9-7-16)15-37-25-20(33-28(37)36-10-11-40-23-5-3-4-22(23)36)13-21(26-34-29(38)41-35-26)32-24(25)19-12-18(30)14-31-27(19)39-2/h12-14,16-17,22-23,26,35H,3-11,15H2,1-2H3,(H,34,38)/t16?,17?,22-,23-,26?/m1/s1. The minimum Gasteiger partial charge on any atom is -0.481 e. The molecular weight excluding hydrogens is 546 g/mol. The summed E-state index contributed by atoms with van der Waals surface area (Å²) in [6.07, 6.45) is 8.79. The van der Waals surface area contributed by atoms with E-state index in [1.54, 1.807) is 13.3 Å². The number of hydrogen-bond acceptors (Lipinski definition) is 9. The van der Waals surface area contributed by atoms with E-state index in [1.807, 2.05) is 12.1 Å². The van der Waals surface area contributed by atoms with Crippen LogP contribution in [0.25, 0.3) is 22.3 Å². The maximum atomic E-state index is 11.9. The van der Waals surface area contributed by atoms with E-state index in [-0.39, 0.29) is 6.10 Å². The van der Waals surface area contributed by atoms with Gasteiger partial charge in [0.2, 0.25) is 11.8 Å². The minimum absolute atomic E-state index is 0.230. The van der Waals surface area contributed by atoms with E-state index in [1.165, 1.54) is 25.7 Å². The molecule has 5 heterocycles. The molecule has 1 amide bonds. The van der Waals surface area contributed by atoms with Gasteiger partial charge in [-0.2, -0.15) is 0 Å². The number of anilines is 1. The zero-order valence-corrected chi connectivity index (χ0v) is 24.2. The van der Waals surface area contributed by atoms with Gasteiger partial charge in [-0.05, 0) is 56.1 Å². The summed E-state index contributed by atoms with van der Waals surface area (Å²) in [5.41, 5.74) is 6.33. The lowest BCUT2D eigenvalue weighted by Gasteiger charge is -2.39. The van der Waals surface area contributed by atoms with Crippen molar-refractivity contribution in [3.8, 4) is 17.1 Å². The average Bonchev–Trinajstić information content (AvgIpc) is 3.72. The van der Waals surface area contributed by atoms with Crippen molar-refractivity contribution in [3.05, 3.63) is 29.0 Å². The Hall–Kier alpha value is -3.15. The van der Waals surface area contributed by atoms with Crippen molar-refractivity contribution in [2.45, 2.75) is 76.7 Å². The molecule has 2 saturated carbocycles. The molecule has 4 aliphatic rings. The van der Waals surface area contributed by atoms with Gasteiger partial charge in [0, 0.05) is 19.3 Å². The van der Waals surface area contributed by atoms with Crippen molar-refractivity contribution in [2.24, 2.45) is 11.8 Å². The molecule has 3 aromatic rings. The lowest BCUT2D eigenvalue weighted by atomic mass is 9.83. The molecule has 7 rings (SSSR count). The van der Waals surface area contributed by atoms with Crippen LogP contribution in [0.15, 0.2) is 18.3 Å². The number of hydroxylamine groups is 1. The van der Waals surface area contributed by atoms with E-state index < -0.39 is 12.3 Å². The molecule has 41 heavy (non-hydrogen) atoms. The van der Waals surface area contributed by atoms with Crippen molar-refractivity contribution in [3.63, 3.8) is 0 Å². The molecule has 3 aromatic heterocycles. The minimum atomic E-state index is -0.625. The van der Waals surface area contributed by atoms with Gasteiger partial charge in [0.25, 0.3) is 0 Å². The molecule has 1 unspecified atom stereocenters. The third-order valence-corrected chi connectivity index (χ3v) is 9.34. The summed E-state index contributed by atoms with van der Waals surface area (Å²) in [6.45, 7) is 4.67. The van der Waals surface area contributed by atoms with Crippen LogP contribution in [0, 0.1) is 11.8 Å². The van der Waals surface area contributed by atoms with Crippen molar-refractivity contribution in [2.75, 3.05) is 25.2 Å². The van der Waals surface area contributed by atoms with Gasteiger partial charge in [0.15, 0.2) is 6.17 Å². The highest BCUT2D eigenvalue weighted by atomic mass is 35.5. The van der Waals surface area contributed by atoms with Gasteiger partial charge < -0.3 is 23.8 Å². The molecule has 2 aliphatic heterocycles. The first-order chi connectivity index (χ1) is 20.0. The van der Waals surface area contributed by atoms with E-state index in [2.05, 4.69) is 32.2 Å². The summed E-state index contributed by atoms with van der Waals surface area (Å²) in [7, 11) is 1.59. The largest absolute Gasteiger partial charge is 0.481 e. The number of ether oxygens (including phenoxy) is 2. The number of methoxy groups -OCH3 is 1. The zero-order chi connectivity index (χ0) is 28.1. The Bertz CT molecular complexity index is 1460. The number of halogens is 1. The molecule has 0 bridgehead atoms. The number of rotatable bonds is 6. The third-order valence-electron chi connectivity index (χ3n) is 9.13. The quantitative estimate of drug-likeness (QED) is 0.415. The summed E-state index contributed by atoms with van der Waals surface area (Å²) >= 11 is 6.48. The van der Waals surface area contributed by atoms with Crippen molar-refractivity contribution in [1.29, 1.82) is 0 Å². The number of pyridine rings is 2. The normalized spacial score (nSPS) is 28.0. The number of morpholine rings is 1. The first-order valence-electron chi connectivity index (χ1n) is 14.7. The lowest BCUT2D eigenvalue weighted by Crippen LogP contribution is -2.49. The second-order valence-corrected chi connectivity index (χ2v) is 12.2. The molecular formula is C29H36ClN7O4. The molecule has 0 spiro atoms. The summed E-state index contributed by atoms with van der Waals surface area (Å²) < 4.78 is 14.2. The van der Waals surface area contributed by atoms with Crippen LogP contribution in [-0.4, -0.2) is 58.0 Å². The fourth-order valence-corrected chi connectivity index (χ4v) is 7.18. The van der Waals surface area contributed by atoms with E-state index >= 15 is 0 Å². The van der Waals surface area contributed by atoms with Gasteiger partial charge >= 0.3 is 6.09 Å². The van der Waals surface area contributed by atoms with Crippen molar-refractivity contribution < 1.29 is 19.1 Å². The SMILES string of the molecule is COc1ncc(Cl)cc1-c1nc(C2NOC(=O)N2)cc2nc(N3CCO[C@@H]4CCC[C@H]43)n(CC3CCC(C)CC3)c12. The Labute approximate surface area is 243 Å². The highest BCUT2D eigenvalue weighted by Gasteiger charge is 2.39. The number of amides is 1. The van der Waals surface area contributed by atoms with Crippen LogP contribution in [0.3, 0.4) is 0 Å². The average molecular weight is 582 g/mol. The third kappa shape index (κ3) is 4.97. The summed E-state index contributed by atoms with van der Waals surface area (Å²) in [6, 6.07) is 4.07. The monoisotopic (exact) mass is 581 g/mol. The molecule has 12 heteroatoms. The van der Waals surface area contributed by atoms with E-state index in [0.717, 1.165) is 55.3 Å². The topological polar surface area (TPSA) is 116 Å². The smallest absolute Gasteiger partial charge is 0.427 e. The van der Waals surface area contributed by atoms with Crippen LogP contribution in [0.2, 0.25) is 5.02 Å². The number of nitrogens with one attached hydrogen (secondary N) is 2. The highest BCUT2D eigenvalue weighted by Crippen LogP contribution is 2.41. The second kappa shape index (κ2) is 10.9. The zero-order valence-electron chi connectivity index (χ0n) is 23.4. The van der Waals surface area contributed by atoms with Gasteiger partial charge in [-0.3, -0.25) is 5.32 Å². The number of carbonyl (C=O) groups excluding carboxylic acids is 1. The lowest BCUT2D eigenvalue weighted by molar-refractivity contribution is 0.0247. The summed E-state index contributed by atoms with van der Waals surface area (Å²) in [5, 5.41) is 3.25. The Morgan fingerprint density at radius 2 is 2.00 bits per heavy atom. The number of aromatic nitrogens is 4. The number of hydrogen-bond donors (Lipinski definition) is 2. The van der Waals surface area contributed by atoms with E-state index in [4.69, 9.17) is 35.9 Å². The first-order valence-corrected chi connectivity index (χ1v) is 15.1. The second-order valence-electron chi connectivity index (χ2n) is 11.8. The van der Waals surface area contributed by atoms with Crippen LogP contribution in [0.5, 0.6) is 5.88 Å². The Balaban J connectivity index is 1.44. The predicted octanol–water partition coefficient (Wildman–Crippen LogP) is 4.98. The van der Waals surface area contributed by atoms with Crippen LogP contribution >= 0.6 is 11.6 Å². The summed E-state index contributed by atoms with van der Waals surface area (Å²) in [4.78, 5) is 34.2. The number of fused-ring (bicyclic) bond motifs is 2. The van der Waals surface area contributed by atoms with Crippen molar-refractivity contribution >= 4 is 34.7 Å².